The van der Waals surface area contributed by atoms with Crippen LogP contribution in [-0.2, 0) is 0 Å². The van der Waals surface area contributed by atoms with Crippen molar-refractivity contribution in [1.82, 2.24) is 4.98 Å². The maximum absolute atomic E-state index is 10.8. The zero-order chi connectivity index (χ0) is 12.6. The number of aliphatic hydroxyl groups excluding tert-OH is 1. The fourth-order valence-corrected chi connectivity index (χ4v) is 3.22. The summed E-state index contributed by atoms with van der Waals surface area (Å²) in [5, 5.41) is 13.0. The third-order valence-corrected chi connectivity index (χ3v) is 4.41. The molecule has 1 atom stereocenters. The molecule has 1 saturated carbocycles. The molecule has 1 fully saturated rings. The van der Waals surface area contributed by atoms with E-state index < -0.39 is 0 Å². The highest BCUT2D eigenvalue weighted by Crippen LogP contribution is 2.48. The van der Waals surface area contributed by atoms with Crippen LogP contribution in [0.25, 0.3) is 10.8 Å². The van der Waals surface area contributed by atoms with Crippen LogP contribution >= 0.6 is 0 Å². The summed E-state index contributed by atoms with van der Waals surface area (Å²) in [7, 11) is 0. The maximum atomic E-state index is 10.8. The van der Waals surface area contributed by atoms with E-state index in [0.29, 0.717) is 0 Å². The molecule has 1 heterocycles. The highest BCUT2D eigenvalue weighted by atomic mass is 16.3. The van der Waals surface area contributed by atoms with Gasteiger partial charge in [-0.05, 0) is 35.3 Å². The van der Waals surface area contributed by atoms with E-state index in [9.17, 15) is 5.11 Å². The lowest BCUT2D eigenvalue weighted by molar-refractivity contribution is 0.0420. The number of aliphatic hydroxyl groups is 1. The van der Waals surface area contributed by atoms with Crippen LogP contribution < -0.4 is 0 Å². The number of hydrogen-bond acceptors (Lipinski definition) is 2. The molecule has 94 valence electrons. The van der Waals surface area contributed by atoms with Gasteiger partial charge in [-0.15, -0.1) is 0 Å². The fourth-order valence-electron chi connectivity index (χ4n) is 3.22. The minimum Gasteiger partial charge on any atom is -0.388 e. The Hall–Kier alpha value is -1.41. The zero-order valence-electron chi connectivity index (χ0n) is 10.8. The van der Waals surface area contributed by atoms with Crippen molar-refractivity contribution in [1.29, 1.82) is 0 Å². The lowest BCUT2D eigenvalue weighted by Gasteiger charge is -2.31. The summed E-state index contributed by atoms with van der Waals surface area (Å²) in [6, 6.07) is 8.12. The topological polar surface area (TPSA) is 33.1 Å². The second kappa shape index (κ2) is 4.36. The van der Waals surface area contributed by atoms with Gasteiger partial charge >= 0.3 is 0 Å². The molecule has 0 saturated heterocycles. The van der Waals surface area contributed by atoms with Gasteiger partial charge in [-0.1, -0.05) is 38.0 Å². The van der Waals surface area contributed by atoms with Crippen molar-refractivity contribution in [2.75, 3.05) is 0 Å². The van der Waals surface area contributed by atoms with Gasteiger partial charge in [0.1, 0.15) is 0 Å². The first-order valence-electron chi connectivity index (χ1n) is 6.71. The van der Waals surface area contributed by atoms with E-state index in [4.69, 9.17) is 0 Å². The van der Waals surface area contributed by atoms with E-state index in [1.807, 2.05) is 18.3 Å². The maximum Gasteiger partial charge on any atom is 0.0849 e. The van der Waals surface area contributed by atoms with Gasteiger partial charge in [0.15, 0.2) is 0 Å². The van der Waals surface area contributed by atoms with Crippen LogP contribution in [0.4, 0.5) is 0 Å². The third-order valence-electron chi connectivity index (χ3n) is 4.41. The predicted octanol–water partition coefficient (Wildman–Crippen LogP) is 3.85. The van der Waals surface area contributed by atoms with Gasteiger partial charge in [-0.25, -0.2) is 0 Å². The molecule has 2 nitrogen and oxygen atoms in total. The monoisotopic (exact) mass is 241 g/mol. The Kier molecular flexibility index (Phi) is 2.83. The van der Waals surface area contributed by atoms with Crippen LogP contribution in [0, 0.1) is 5.41 Å². The largest absolute Gasteiger partial charge is 0.388 e. The van der Waals surface area contributed by atoms with Crippen molar-refractivity contribution in [3.05, 3.63) is 42.2 Å². The van der Waals surface area contributed by atoms with Crippen LogP contribution in [0.15, 0.2) is 36.7 Å². The van der Waals surface area contributed by atoms with Crippen molar-refractivity contribution >= 4 is 10.8 Å². The molecule has 1 unspecified atom stereocenters. The highest BCUT2D eigenvalue weighted by molar-refractivity contribution is 5.85. The van der Waals surface area contributed by atoms with E-state index in [0.717, 1.165) is 29.2 Å². The standard InChI is InChI=1S/C16H19NO/c1-16(8-2-3-9-16)15(18)14-6-4-5-12-11-17-10-7-13(12)14/h4-7,10-11,15,18H,2-3,8-9H2,1H3. The highest BCUT2D eigenvalue weighted by Gasteiger charge is 2.37. The Labute approximate surface area is 108 Å². The summed E-state index contributed by atoms with van der Waals surface area (Å²) in [6.07, 6.45) is 8.01. The number of nitrogens with zero attached hydrogens (tertiary/aromatic N) is 1. The molecule has 1 aromatic heterocycles. The van der Waals surface area contributed by atoms with Crippen molar-refractivity contribution in [3.63, 3.8) is 0 Å². The quantitative estimate of drug-likeness (QED) is 0.866. The Morgan fingerprint density at radius 1 is 1.22 bits per heavy atom. The van der Waals surface area contributed by atoms with Crippen LogP contribution in [0.5, 0.6) is 0 Å². The molecule has 1 aliphatic carbocycles. The average molecular weight is 241 g/mol. The van der Waals surface area contributed by atoms with Gasteiger partial charge in [-0.2, -0.15) is 0 Å². The molecule has 18 heavy (non-hydrogen) atoms. The minimum atomic E-state index is -0.369. The summed E-state index contributed by atoms with van der Waals surface area (Å²) < 4.78 is 0. The van der Waals surface area contributed by atoms with Gasteiger partial charge in [-0.3, -0.25) is 4.98 Å². The van der Waals surface area contributed by atoms with E-state index in [2.05, 4.69) is 24.0 Å². The second-order valence-corrected chi connectivity index (χ2v) is 5.71. The molecule has 2 heteroatoms. The first kappa shape index (κ1) is 11.7. The molecule has 0 bridgehead atoms. The van der Waals surface area contributed by atoms with Crippen molar-refractivity contribution < 1.29 is 5.11 Å². The first-order valence-corrected chi connectivity index (χ1v) is 6.71. The zero-order valence-corrected chi connectivity index (χ0v) is 10.8. The SMILES string of the molecule is CC1(C(O)c2cccc3cnccc23)CCCC1. The molecule has 1 N–H and O–H groups in total. The number of pyridine rings is 1. The molecule has 3 rings (SSSR count). The molecule has 0 aliphatic heterocycles. The lowest BCUT2D eigenvalue weighted by Crippen LogP contribution is -2.22. The molecule has 2 aromatic rings. The van der Waals surface area contributed by atoms with Gasteiger partial charge in [0.2, 0.25) is 0 Å². The van der Waals surface area contributed by atoms with E-state index in [-0.39, 0.29) is 11.5 Å². The normalized spacial score (nSPS) is 20.1. The number of hydrogen-bond donors (Lipinski definition) is 1. The van der Waals surface area contributed by atoms with Crippen LogP contribution in [0.3, 0.4) is 0 Å². The molecular formula is C16H19NO. The summed E-state index contributed by atoms with van der Waals surface area (Å²) >= 11 is 0. The number of fused-ring (bicyclic) bond motifs is 1. The molecule has 1 aromatic carbocycles. The van der Waals surface area contributed by atoms with Crippen molar-refractivity contribution in [2.24, 2.45) is 5.41 Å². The summed E-state index contributed by atoms with van der Waals surface area (Å²) in [4.78, 5) is 4.15. The van der Waals surface area contributed by atoms with E-state index >= 15 is 0 Å². The van der Waals surface area contributed by atoms with Crippen molar-refractivity contribution in [2.45, 2.75) is 38.7 Å². The fraction of sp³-hybridized carbons (Fsp3) is 0.438. The van der Waals surface area contributed by atoms with Gasteiger partial charge in [0.05, 0.1) is 6.10 Å². The number of aromatic nitrogens is 1. The first-order chi connectivity index (χ1) is 8.71. The van der Waals surface area contributed by atoms with Crippen LogP contribution in [-0.4, -0.2) is 10.1 Å². The van der Waals surface area contributed by atoms with E-state index in [1.165, 1.54) is 12.8 Å². The molecule has 0 spiro atoms. The van der Waals surface area contributed by atoms with Gasteiger partial charge in [0.25, 0.3) is 0 Å². The Morgan fingerprint density at radius 3 is 2.78 bits per heavy atom. The van der Waals surface area contributed by atoms with E-state index in [1.54, 1.807) is 6.20 Å². The molecular weight excluding hydrogens is 222 g/mol. The Bertz CT molecular complexity index is 553. The van der Waals surface area contributed by atoms with Crippen LogP contribution in [0.2, 0.25) is 0 Å². The molecule has 0 radical (unpaired) electrons. The van der Waals surface area contributed by atoms with Gasteiger partial charge < -0.3 is 5.11 Å². The van der Waals surface area contributed by atoms with Crippen molar-refractivity contribution in [3.8, 4) is 0 Å². The number of rotatable bonds is 2. The predicted molar refractivity (Wildman–Crippen MR) is 73.3 cm³/mol. The van der Waals surface area contributed by atoms with Gasteiger partial charge in [0, 0.05) is 17.8 Å². The smallest absolute Gasteiger partial charge is 0.0849 e. The average Bonchev–Trinajstić information content (AvgIpc) is 2.85. The lowest BCUT2D eigenvalue weighted by atomic mass is 9.78. The Morgan fingerprint density at radius 2 is 2.00 bits per heavy atom. The summed E-state index contributed by atoms with van der Waals surface area (Å²) in [5.41, 5.74) is 1.09. The minimum absolute atomic E-state index is 0.0392. The summed E-state index contributed by atoms with van der Waals surface area (Å²) in [5.74, 6) is 0. The Balaban J connectivity index is 2.08. The van der Waals surface area contributed by atoms with Crippen LogP contribution in [0.1, 0.15) is 44.3 Å². The molecule has 1 aliphatic rings. The second-order valence-electron chi connectivity index (χ2n) is 5.71. The number of benzene rings is 1. The summed E-state index contributed by atoms with van der Waals surface area (Å²) in [6.45, 7) is 2.21. The third kappa shape index (κ3) is 1.81. The molecule has 0 amide bonds.